The molecule has 4 aromatic carbocycles. The molecule has 1 N–H and O–H groups in total. The fraction of sp³-hybridized carbons (Fsp3) is 0.152. The lowest BCUT2D eigenvalue weighted by Crippen LogP contribution is -2.13. The fourth-order valence-corrected chi connectivity index (χ4v) is 4.70. The maximum Gasteiger partial charge on any atom is 0.266 e. The highest BCUT2D eigenvalue weighted by molar-refractivity contribution is 14.1. The standard InChI is InChI=1S/C33H29IN2O4/c1-22-7-9-24(10-8-22)20-39-29-13-11-28(12-14-29)36-33(37)27(19-35)16-26-17-30(34)32(31(18-26)38-3)40-21-25-6-4-5-23(2)15-25/h4-18H,20-21H2,1-3H3,(H,36,37)/b27-16+. The van der Waals surface area contributed by atoms with Crippen LogP contribution in [0.3, 0.4) is 0 Å². The quantitative estimate of drug-likeness (QED) is 0.109. The number of hydrogen-bond donors (Lipinski definition) is 1. The van der Waals surface area contributed by atoms with E-state index in [0.29, 0.717) is 41.7 Å². The van der Waals surface area contributed by atoms with Gasteiger partial charge < -0.3 is 19.5 Å². The van der Waals surface area contributed by atoms with E-state index >= 15 is 0 Å². The van der Waals surface area contributed by atoms with Gasteiger partial charge in [-0.1, -0.05) is 59.7 Å². The minimum Gasteiger partial charge on any atom is -0.493 e. The van der Waals surface area contributed by atoms with Crippen LogP contribution >= 0.6 is 22.6 Å². The minimum atomic E-state index is -0.510. The Morgan fingerprint density at radius 3 is 2.30 bits per heavy atom. The summed E-state index contributed by atoms with van der Waals surface area (Å²) in [6.45, 7) is 4.92. The number of benzene rings is 4. The van der Waals surface area contributed by atoms with Crippen LogP contribution in [0.15, 0.2) is 90.5 Å². The maximum atomic E-state index is 12.9. The van der Waals surface area contributed by atoms with Crippen LogP contribution in [0.4, 0.5) is 5.69 Å². The summed E-state index contributed by atoms with van der Waals surface area (Å²) in [6, 6.07) is 28.9. The van der Waals surface area contributed by atoms with E-state index in [4.69, 9.17) is 14.2 Å². The van der Waals surface area contributed by atoms with Crippen LogP contribution in [0.5, 0.6) is 17.2 Å². The molecule has 6 nitrogen and oxygen atoms in total. The van der Waals surface area contributed by atoms with Crippen molar-refractivity contribution in [1.29, 1.82) is 5.26 Å². The molecule has 1 amide bonds. The van der Waals surface area contributed by atoms with E-state index in [1.807, 2.05) is 68.4 Å². The minimum absolute atomic E-state index is 0.0361. The van der Waals surface area contributed by atoms with Crippen LogP contribution in [-0.4, -0.2) is 13.0 Å². The Morgan fingerprint density at radius 1 is 0.900 bits per heavy atom. The number of nitrogens with one attached hydrogen (secondary N) is 1. The fourth-order valence-electron chi connectivity index (χ4n) is 3.92. The highest BCUT2D eigenvalue weighted by Gasteiger charge is 2.14. The van der Waals surface area contributed by atoms with Gasteiger partial charge in [-0.15, -0.1) is 0 Å². The summed E-state index contributed by atoms with van der Waals surface area (Å²) < 4.78 is 18.3. The Labute approximate surface area is 248 Å². The summed E-state index contributed by atoms with van der Waals surface area (Å²) in [4.78, 5) is 12.9. The molecule has 202 valence electrons. The monoisotopic (exact) mass is 644 g/mol. The lowest BCUT2D eigenvalue weighted by Gasteiger charge is -2.14. The van der Waals surface area contributed by atoms with Crippen molar-refractivity contribution in [2.24, 2.45) is 0 Å². The first-order chi connectivity index (χ1) is 19.3. The number of nitrogens with zero attached hydrogens (tertiary/aromatic N) is 1. The van der Waals surface area contributed by atoms with Gasteiger partial charge in [-0.25, -0.2) is 0 Å². The second kappa shape index (κ2) is 13.7. The van der Waals surface area contributed by atoms with Crippen LogP contribution in [-0.2, 0) is 18.0 Å². The molecule has 0 aromatic heterocycles. The molecular formula is C33H29IN2O4. The number of methoxy groups -OCH3 is 1. The van der Waals surface area contributed by atoms with Gasteiger partial charge in [0.25, 0.3) is 5.91 Å². The average molecular weight is 645 g/mol. The van der Waals surface area contributed by atoms with Gasteiger partial charge in [-0.05, 0) is 95.6 Å². The molecule has 4 rings (SSSR count). The molecule has 4 aromatic rings. The van der Waals surface area contributed by atoms with Gasteiger partial charge in [-0.2, -0.15) is 5.26 Å². The van der Waals surface area contributed by atoms with Gasteiger partial charge in [0.05, 0.1) is 10.7 Å². The average Bonchev–Trinajstić information content (AvgIpc) is 2.95. The number of nitriles is 1. The van der Waals surface area contributed by atoms with Crippen molar-refractivity contribution < 1.29 is 19.0 Å². The van der Waals surface area contributed by atoms with Gasteiger partial charge in [0, 0.05) is 5.69 Å². The number of amides is 1. The second-order valence-electron chi connectivity index (χ2n) is 9.23. The Balaban J connectivity index is 1.41. The molecule has 0 aliphatic carbocycles. The van der Waals surface area contributed by atoms with Gasteiger partial charge in [-0.3, -0.25) is 4.79 Å². The molecule has 0 aliphatic heterocycles. The topological polar surface area (TPSA) is 80.6 Å². The number of aryl methyl sites for hydroxylation is 2. The molecule has 7 heteroatoms. The molecule has 0 atom stereocenters. The molecule has 40 heavy (non-hydrogen) atoms. The molecule has 0 spiro atoms. The lowest BCUT2D eigenvalue weighted by atomic mass is 10.1. The summed E-state index contributed by atoms with van der Waals surface area (Å²) in [5, 5.41) is 12.5. The number of ether oxygens (including phenoxy) is 3. The largest absolute Gasteiger partial charge is 0.493 e. The predicted molar refractivity (Wildman–Crippen MR) is 165 cm³/mol. The third-order valence-electron chi connectivity index (χ3n) is 6.03. The number of carbonyl (C=O) groups excluding carboxylic acids is 1. The van der Waals surface area contributed by atoms with Crippen LogP contribution in [0, 0.1) is 28.7 Å². The molecule has 0 fully saturated rings. The lowest BCUT2D eigenvalue weighted by molar-refractivity contribution is -0.112. The zero-order valence-corrected chi connectivity index (χ0v) is 24.7. The first-order valence-corrected chi connectivity index (χ1v) is 13.7. The Kier molecular flexibility index (Phi) is 9.81. The Morgan fingerprint density at radius 2 is 1.62 bits per heavy atom. The number of anilines is 1. The molecule has 0 saturated carbocycles. The van der Waals surface area contributed by atoms with E-state index in [2.05, 4.69) is 34.0 Å². The first kappa shape index (κ1) is 28.7. The van der Waals surface area contributed by atoms with E-state index in [1.165, 1.54) is 11.6 Å². The van der Waals surface area contributed by atoms with Crippen molar-refractivity contribution in [2.75, 3.05) is 12.4 Å². The number of hydrogen-bond acceptors (Lipinski definition) is 5. The second-order valence-corrected chi connectivity index (χ2v) is 10.4. The van der Waals surface area contributed by atoms with Crippen LogP contribution in [0.25, 0.3) is 6.08 Å². The molecular weight excluding hydrogens is 615 g/mol. The molecule has 0 saturated heterocycles. The SMILES string of the molecule is COc1cc(/C=C(\C#N)C(=O)Nc2ccc(OCc3ccc(C)cc3)cc2)cc(I)c1OCc1cccc(C)c1. The van der Waals surface area contributed by atoms with E-state index < -0.39 is 5.91 Å². The highest BCUT2D eigenvalue weighted by Crippen LogP contribution is 2.35. The zero-order chi connectivity index (χ0) is 28.5. The van der Waals surface area contributed by atoms with Crippen molar-refractivity contribution in [1.82, 2.24) is 0 Å². The third-order valence-corrected chi connectivity index (χ3v) is 6.83. The number of halogens is 1. The summed E-state index contributed by atoms with van der Waals surface area (Å²) >= 11 is 2.16. The van der Waals surface area contributed by atoms with Crippen molar-refractivity contribution in [2.45, 2.75) is 27.1 Å². The van der Waals surface area contributed by atoms with E-state index in [1.54, 1.807) is 37.4 Å². The van der Waals surface area contributed by atoms with Crippen LogP contribution in [0.2, 0.25) is 0 Å². The molecule has 0 bridgehead atoms. The maximum absolute atomic E-state index is 12.9. The first-order valence-electron chi connectivity index (χ1n) is 12.6. The molecule has 0 aliphatic rings. The van der Waals surface area contributed by atoms with Crippen LogP contribution in [0.1, 0.15) is 27.8 Å². The van der Waals surface area contributed by atoms with E-state index in [9.17, 15) is 10.1 Å². The number of carbonyl (C=O) groups is 1. The molecule has 0 unspecified atom stereocenters. The van der Waals surface area contributed by atoms with E-state index in [-0.39, 0.29) is 5.57 Å². The van der Waals surface area contributed by atoms with Crippen molar-refractivity contribution in [3.8, 4) is 23.3 Å². The van der Waals surface area contributed by atoms with Gasteiger partial charge in [0.2, 0.25) is 0 Å². The Hall–Kier alpha value is -4.29. The Bertz CT molecular complexity index is 1560. The smallest absolute Gasteiger partial charge is 0.266 e. The highest BCUT2D eigenvalue weighted by atomic mass is 127. The van der Waals surface area contributed by atoms with Crippen molar-refractivity contribution >= 4 is 40.3 Å². The van der Waals surface area contributed by atoms with E-state index in [0.717, 1.165) is 20.3 Å². The third kappa shape index (κ3) is 7.87. The summed E-state index contributed by atoms with van der Waals surface area (Å²) in [5.41, 5.74) is 5.65. The van der Waals surface area contributed by atoms with Gasteiger partial charge >= 0.3 is 0 Å². The predicted octanol–water partition coefficient (Wildman–Crippen LogP) is 7.62. The van der Waals surface area contributed by atoms with Crippen molar-refractivity contribution in [3.05, 3.63) is 122 Å². The van der Waals surface area contributed by atoms with Crippen molar-refractivity contribution in [3.63, 3.8) is 0 Å². The van der Waals surface area contributed by atoms with Crippen LogP contribution < -0.4 is 19.5 Å². The zero-order valence-electron chi connectivity index (χ0n) is 22.5. The van der Waals surface area contributed by atoms with Gasteiger partial charge in [0.1, 0.15) is 30.6 Å². The molecule has 0 heterocycles. The number of rotatable bonds is 10. The van der Waals surface area contributed by atoms with Gasteiger partial charge in [0.15, 0.2) is 11.5 Å². The summed E-state index contributed by atoms with van der Waals surface area (Å²) in [7, 11) is 1.56. The molecule has 0 radical (unpaired) electrons. The summed E-state index contributed by atoms with van der Waals surface area (Å²) in [5.74, 6) is 1.30. The summed E-state index contributed by atoms with van der Waals surface area (Å²) in [6.07, 6.45) is 1.53. The normalized spacial score (nSPS) is 10.9.